The number of halogens is 1. The maximum Gasteiger partial charge on any atom is 0.249 e. The van der Waals surface area contributed by atoms with Crippen LogP contribution in [-0.4, -0.2) is 24.4 Å². The third-order valence-corrected chi connectivity index (χ3v) is 4.34. The van der Waals surface area contributed by atoms with Crippen LogP contribution < -0.4 is 10.2 Å². The highest BCUT2D eigenvalue weighted by atomic mass is 19.1. The van der Waals surface area contributed by atoms with Gasteiger partial charge < -0.3 is 10.2 Å². The van der Waals surface area contributed by atoms with E-state index in [2.05, 4.69) is 11.4 Å². The Bertz CT molecular complexity index is 782. The Morgan fingerprint density at radius 1 is 1.16 bits per heavy atom. The fourth-order valence-corrected chi connectivity index (χ4v) is 3.21. The highest BCUT2D eigenvalue weighted by Crippen LogP contribution is 2.24. The van der Waals surface area contributed by atoms with Crippen molar-refractivity contribution < 1.29 is 14.0 Å². The van der Waals surface area contributed by atoms with Crippen molar-refractivity contribution in [1.82, 2.24) is 5.32 Å². The Kier molecular flexibility index (Phi) is 4.83. The predicted octanol–water partition coefficient (Wildman–Crippen LogP) is 2.91. The van der Waals surface area contributed by atoms with Crippen molar-refractivity contribution in [3.8, 4) is 0 Å². The van der Waals surface area contributed by atoms with Gasteiger partial charge in [-0.25, -0.2) is 4.39 Å². The van der Waals surface area contributed by atoms with Crippen LogP contribution in [0.1, 0.15) is 23.1 Å². The maximum absolute atomic E-state index is 12.9. The molecule has 130 valence electrons. The molecule has 1 N–H and O–H groups in total. The van der Waals surface area contributed by atoms with Gasteiger partial charge in [0.15, 0.2) is 0 Å². The molecule has 3 rings (SSSR count). The third-order valence-electron chi connectivity index (χ3n) is 4.34. The summed E-state index contributed by atoms with van der Waals surface area (Å²) in [6.07, 6.45) is 0.717. The SMILES string of the molecule is Cc1cc(C)cc(N2CC[C@@H](NC(=O)Cc3ccc(F)cc3)C2=O)c1. The molecule has 0 unspecified atom stereocenters. The average Bonchev–Trinajstić information content (AvgIpc) is 2.89. The summed E-state index contributed by atoms with van der Waals surface area (Å²) in [6, 6.07) is 11.3. The Hall–Kier alpha value is -2.69. The second kappa shape index (κ2) is 7.05. The molecular formula is C20H21FN2O2. The number of hydrogen-bond acceptors (Lipinski definition) is 2. The van der Waals surface area contributed by atoms with E-state index in [0.29, 0.717) is 13.0 Å². The van der Waals surface area contributed by atoms with Gasteiger partial charge in [0, 0.05) is 12.2 Å². The molecule has 1 heterocycles. The average molecular weight is 340 g/mol. The smallest absolute Gasteiger partial charge is 0.249 e. The molecule has 0 aromatic heterocycles. The summed E-state index contributed by atoms with van der Waals surface area (Å²) in [5.74, 6) is -0.649. The lowest BCUT2D eigenvalue weighted by atomic mass is 10.1. The van der Waals surface area contributed by atoms with Gasteiger partial charge in [-0.1, -0.05) is 18.2 Å². The molecule has 0 radical (unpaired) electrons. The van der Waals surface area contributed by atoms with E-state index in [-0.39, 0.29) is 24.1 Å². The van der Waals surface area contributed by atoms with E-state index >= 15 is 0 Å². The van der Waals surface area contributed by atoms with E-state index in [1.165, 1.54) is 12.1 Å². The topological polar surface area (TPSA) is 49.4 Å². The van der Waals surface area contributed by atoms with Crippen LogP contribution in [-0.2, 0) is 16.0 Å². The van der Waals surface area contributed by atoms with Crippen LogP contribution in [0.25, 0.3) is 0 Å². The Morgan fingerprint density at radius 3 is 2.44 bits per heavy atom. The van der Waals surface area contributed by atoms with E-state index < -0.39 is 6.04 Å². The van der Waals surface area contributed by atoms with Crippen molar-refractivity contribution >= 4 is 17.5 Å². The molecule has 5 heteroatoms. The Morgan fingerprint density at radius 2 is 1.80 bits per heavy atom. The number of aryl methyl sites for hydroxylation is 2. The molecule has 0 bridgehead atoms. The lowest BCUT2D eigenvalue weighted by Gasteiger charge is -2.18. The fourth-order valence-electron chi connectivity index (χ4n) is 3.21. The van der Waals surface area contributed by atoms with E-state index in [0.717, 1.165) is 22.4 Å². The molecule has 0 saturated carbocycles. The number of nitrogens with one attached hydrogen (secondary N) is 1. The minimum Gasteiger partial charge on any atom is -0.344 e. The molecule has 0 spiro atoms. The van der Waals surface area contributed by atoms with Gasteiger partial charge in [-0.15, -0.1) is 0 Å². The summed E-state index contributed by atoms with van der Waals surface area (Å²) in [5, 5.41) is 2.80. The lowest BCUT2D eigenvalue weighted by Crippen LogP contribution is -2.42. The van der Waals surface area contributed by atoms with Crippen molar-refractivity contribution in [3.63, 3.8) is 0 Å². The third kappa shape index (κ3) is 4.05. The largest absolute Gasteiger partial charge is 0.344 e. The van der Waals surface area contributed by atoms with Crippen molar-refractivity contribution in [2.24, 2.45) is 0 Å². The van der Waals surface area contributed by atoms with Crippen LogP contribution in [0.2, 0.25) is 0 Å². The summed E-state index contributed by atoms with van der Waals surface area (Å²) in [5.41, 5.74) is 3.80. The second-order valence-corrected chi connectivity index (χ2v) is 6.55. The molecule has 0 aliphatic carbocycles. The number of anilines is 1. The lowest BCUT2D eigenvalue weighted by molar-refractivity contribution is -0.126. The van der Waals surface area contributed by atoms with E-state index in [9.17, 15) is 14.0 Å². The molecule has 1 fully saturated rings. The van der Waals surface area contributed by atoms with Gasteiger partial charge >= 0.3 is 0 Å². The van der Waals surface area contributed by atoms with E-state index in [1.54, 1.807) is 17.0 Å². The second-order valence-electron chi connectivity index (χ2n) is 6.55. The van der Waals surface area contributed by atoms with Crippen molar-refractivity contribution in [1.29, 1.82) is 0 Å². The normalized spacial score (nSPS) is 17.0. The summed E-state index contributed by atoms with van der Waals surface area (Å²) in [4.78, 5) is 26.5. The molecule has 25 heavy (non-hydrogen) atoms. The first kappa shape index (κ1) is 17.1. The van der Waals surface area contributed by atoms with Gasteiger partial charge in [0.1, 0.15) is 11.9 Å². The Balaban J connectivity index is 1.63. The van der Waals surface area contributed by atoms with Crippen LogP contribution in [0.15, 0.2) is 42.5 Å². The zero-order valence-electron chi connectivity index (χ0n) is 14.4. The quantitative estimate of drug-likeness (QED) is 0.930. The summed E-state index contributed by atoms with van der Waals surface area (Å²) < 4.78 is 12.9. The van der Waals surface area contributed by atoms with Crippen LogP contribution in [0, 0.1) is 19.7 Å². The van der Waals surface area contributed by atoms with Gasteiger partial charge in [-0.3, -0.25) is 9.59 Å². The Labute approximate surface area is 146 Å². The molecular weight excluding hydrogens is 319 g/mol. The number of carbonyl (C=O) groups is 2. The highest BCUT2D eigenvalue weighted by Gasteiger charge is 2.33. The summed E-state index contributed by atoms with van der Waals surface area (Å²) in [6.45, 7) is 4.58. The molecule has 2 amide bonds. The zero-order chi connectivity index (χ0) is 18.0. The van der Waals surface area contributed by atoms with E-state index in [4.69, 9.17) is 0 Å². The molecule has 1 saturated heterocycles. The standard InChI is InChI=1S/C20H21FN2O2/c1-13-9-14(2)11-17(10-13)23-8-7-18(20(23)25)22-19(24)12-15-3-5-16(21)6-4-15/h3-6,9-11,18H,7-8,12H2,1-2H3,(H,22,24)/t18-/m1/s1. The van der Waals surface area contributed by atoms with Crippen molar-refractivity contribution in [2.75, 3.05) is 11.4 Å². The summed E-state index contributed by atoms with van der Waals surface area (Å²) >= 11 is 0. The molecule has 1 atom stereocenters. The van der Waals surface area contributed by atoms with Gasteiger partial charge in [-0.05, 0) is 61.2 Å². The zero-order valence-corrected chi connectivity index (χ0v) is 14.4. The summed E-state index contributed by atoms with van der Waals surface area (Å²) in [7, 11) is 0. The van der Waals surface area contributed by atoms with Gasteiger partial charge in [0.2, 0.25) is 11.8 Å². The van der Waals surface area contributed by atoms with Crippen LogP contribution in [0.3, 0.4) is 0 Å². The first-order valence-corrected chi connectivity index (χ1v) is 8.36. The number of rotatable bonds is 4. The molecule has 4 nitrogen and oxygen atoms in total. The monoisotopic (exact) mass is 340 g/mol. The van der Waals surface area contributed by atoms with Crippen LogP contribution in [0.5, 0.6) is 0 Å². The number of amides is 2. The molecule has 2 aromatic rings. The molecule has 1 aliphatic rings. The molecule has 2 aromatic carbocycles. The number of hydrogen-bond donors (Lipinski definition) is 1. The van der Waals surface area contributed by atoms with Gasteiger partial charge in [0.05, 0.1) is 6.42 Å². The van der Waals surface area contributed by atoms with Crippen LogP contribution >= 0.6 is 0 Å². The number of carbonyl (C=O) groups excluding carboxylic acids is 2. The van der Waals surface area contributed by atoms with Crippen molar-refractivity contribution in [3.05, 3.63) is 65.0 Å². The first-order chi connectivity index (χ1) is 11.9. The fraction of sp³-hybridized carbons (Fsp3) is 0.300. The number of nitrogens with zero attached hydrogens (tertiary/aromatic N) is 1. The minimum absolute atomic E-state index is 0.0857. The maximum atomic E-state index is 12.9. The van der Waals surface area contributed by atoms with Crippen molar-refractivity contribution in [2.45, 2.75) is 32.7 Å². The highest BCUT2D eigenvalue weighted by molar-refractivity contribution is 6.01. The van der Waals surface area contributed by atoms with Crippen LogP contribution in [0.4, 0.5) is 10.1 Å². The van der Waals surface area contributed by atoms with Gasteiger partial charge in [0.25, 0.3) is 0 Å². The van der Waals surface area contributed by atoms with E-state index in [1.807, 2.05) is 26.0 Å². The van der Waals surface area contributed by atoms with Gasteiger partial charge in [-0.2, -0.15) is 0 Å². The first-order valence-electron chi connectivity index (χ1n) is 8.36. The number of benzene rings is 2. The predicted molar refractivity (Wildman–Crippen MR) is 94.9 cm³/mol. The molecule has 1 aliphatic heterocycles. The minimum atomic E-state index is -0.506.